The van der Waals surface area contributed by atoms with E-state index in [0.29, 0.717) is 5.69 Å². The van der Waals surface area contributed by atoms with E-state index in [1.165, 1.54) is 29.1 Å². The van der Waals surface area contributed by atoms with Gasteiger partial charge in [-0.15, -0.1) is 11.6 Å². The third-order valence-electron chi connectivity index (χ3n) is 6.66. The van der Waals surface area contributed by atoms with Crippen LogP contribution in [0.1, 0.15) is 51.4 Å². The molecule has 2 N–H and O–H groups in total. The van der Waals surface area contributed by atoms with E-state index in [9.17, 15) is 22.8 Å². The number of pyridine rings is 1. The number of aromatic nitrogens is 3. The first-order valence-electron chi connectivity index (χ1n) is 13.0. The molecule has 2 aromatic carbocycles. The molecule has 0 atom stereocenters. The lowest BCUT2D eigenvalue weighted by atomic mass is 10.1. The Labute approximate surface area is 239 Å². The van der Waals surface area contributed by atoms with Crippen molar-refractivity contribution in [1.29, 1.82) is 0 Å². The molecule has 41 heavy (non-hydrogen) atoms. The van der Waals surface area contributed by atoms with Gasteiger partial charge in [-0.3, -0.25) is 9.59 Å². The smallest absolute Gasteiger partial charge is 0.372 e. The van der Waals surface area contributed by atoms with Gasteiger partial charge in [0.15, 0.2) is 5.82 Å². The monoisotopic (exact) mass is 582 g/mol. The molecule has 1 aliphatic rings. The van der Waals surface area contributed by atoms with Gasteiger partial charge in [0.1, 0.15) is 5.69 Å². The van der Waals surface area contributed by atoms with E-state index in [1.807, 2.05) is 6.07 Å². The first kappa shape index (κ1) is 28.2. The van der Waals surface area contributed by atoms with Crippen LogP contribution in [0.5, 0.6) is 0 Å². The molecular formula is C29H26ClF3N6O2. The van der Waals surface area contributed by atoms with Crippen LogP contribution in [0.15, 0.2) is 72.9 Å². The molecule has 0 aliphatic carbocycles. The van der Waals surface area contributed by atoms with E-state index in [-0.39, 0.29) is 34.3 Å². The van der Waals surface area contributed by atoms with Gasteiger partial charge in [0, 0.05) is 31.0 Å². The maximum atomic E-state index is 13.5. The van der Waals surface area contributed by atoms with Gasteiger partial charge in [0.25, 0.3) is 11.8 Å². The highest BCUT2D eigenvalue weighted by molar-refractivity contribution is 6.17. The fraction of sp³-hybridized carbons (Fsp3) is 0.241. The molecule has 212 valence electrons. The van der Waals surface area contributed by atoms with Crippen molar-refractivity contribution in [3.05, 3.63) is 95.4 Å². The maximum Gasteiger partial charge on any atom is 0.416 e. The number of benzene rings is 2. The van der Waals surface area contributed by atoms with Crippen molar-refractivity contribution in [2.45, 2.75) is 31.3 Å². The van der Waals surface area contributed by atoms with Crippen molar-refractivity contribution < 1.29 is 22.8 Å². The first-order valence-corrected chi connectivity index (χ1v) is 13.5. The Morgan fingerprint density at radius 2 is 1.66 bits per heavy atom. The SMILES string of the molecule is O=C(Nc1ccc(N2CCCCC2)cc1C(=O)Nc1ccn(-c2cccc(C(F)(F)F)c2)n1)c1cccc(CCl)n1. The average Bonchev–Trinajstić information content (AvgIpc) is 3.46. The summed E-state index contributed by atoms with van der Waals surface area (Å²) in [6.07, 6.45) is 0.167. The minimum atomic E-state index is -4.50. The van der Waals surface area contributed by atoms with Crippen molar-refractivity contribution in [1.82, 2.24) is 14.8 Å². The normalized spacial score (nSPS) is 13.6. The average molecular weight is 583 g/mol. The van der Waals surface area contributed by atoms with Crippen LogP contribution >= 0.6 is 11.6 Å². The van der Waals surface area contributed by atoms with Gasteiger partial charge in [-0.25, -0.2) is 9.67 Å². The minimum absolute atomic E-state index is 0.129. The number of carbonyl (C=O) groups is 2. The highest BCUT2D eigenvalue weighted by atomic mass is 35.5. The molecule has 0 unspecified atom stereocenters. The standard InChI is InChI=1S/C29H26ClF3N6O2/c30-18-20-7-5-9-25(34-20)28(41)35-24-11-10-21(38-13-2-1-3-14-38)17-23(24)27(40)36-26-12-15-39(37-26)22-8-4-6-19(16-22)29(31,32)33/h4-12,15-17H,1-3,13-14,18H2,(H,35,41)(H,36,37,40). The number of alkyl halides is 4. The second-order valence-electron chi connectivity index (χ2n) is 9.53. The zero-order valence-corrected chi connectivity index (χ0v) is 22.5. The molecule has 0 saturated carbocycles. The van der Waals surface area contributed by atoms with Crippen molar-refractivity contribution in [2.75, 3.05) is 28.6 Å². The zero-order chi connectivity index (χ0) is 29.0. The lowest BCUT2D eigenvalue weighted by molar-refractivity contribution is -0.137. The Bertz CT molecular complexity index is 1570. The van der Waals surface area contributed by atoms with Crippen LogP contribution in [-0.4, -0.2) is 39.7 Å². The lowest BCUT2D eigenvalue weighted by Gasteiger charge is -2.29. The summed E-state index contributed by atoms with van der Waals surface area (Å²) in [6, 6.07) is 16.4. The van der Waals surface area contributed by atoms with E-state index < -0.39 is 23.6 Å². The van der Waals surface area contributed by atoms with E-state index in [0.717, 1.165) is 50.2 Å². The molecule has 1 fully saturated rings. The second-order valence-corrected chi connectivity index (χ2v) is 9.79. The van der Waals surface area contributed by atoms with Crippen LogP contribution in [0.3, 0.4) is 0 Å². The van der Waals surface area contributed by atoms with Gasteiger partial charge in [0.2, 0.25) is 0 Å². The van der Waals surface area contributed by atoms with Crippen molar-refractivity contribution in [3.8, 4) is 5.69 Å². The predicted molar refractivity (Wildman–Crippen MR) is 151 cm³/mol. The molecule has 8 nitrogen and oxygen atoms in total. The summed E-state index contributed by atoms with van der Waals surface area (Å²) < 4.78 is 40.7. The molecule has 3 heterocycles. The van der Waals surface area contributed by atoms with E-state index >= 15 is 0 Å². The zero-order valence-electron chi connectivity index (χ0n) is 21.8. The van der Waals surface area contributed by atoms with Crippen LogP contribution in [0.4, 0.5) is 30.4 Å². The summed E-state index contributed by atoms with van der Waals surface area (Å²) in [5, 5.41) is 9.71. The van der Waals surface area contributed by atoms with Gasteiger partial charge in [0.05, 0.1) is 34.1 Å². The summed E-state index contributed by atoms with van der Waals surface area (Å²) in [5.74, 6) is -0.780. The van der Waals surface area contributed by atoms with E-state index in [1.54, 1.807) is 30.3 Å². The molecule has 5 rings (SSSR count). The summed E-state index contributed by atoms with van der Waals surface area (Å²) in [4.78, 5) is 32.9. The number of hydrogen-bond acceptors (Lipinski definition) is 5. The van der Waals surface area contributed by atoms with Crippen molar-refractivity contribution in [3.63, 3.8) is 0 Å². The van der Waals surface area contributed by atoms with Crippen molar-refractivity contribution >= 4 is 40.6 Å². The number of nitrogens with one attached hydrogen (secondary N) is 2. The fourth-order valence-electron chi connectivity index (χ4n) is 4.59. The number of anilines is 3. The number of carbonyl (C=O) groups excluding carboxylic acids is 2. The number of rotatable bonds is 7. The van der Waals surface area contributed by atoms with Crippen molar-refractivity contribution in [2.24, 2.45) is 0 Å². The molecule has 1 saturated heterocycles. The fourth-order valence-corrected chi connectivity index (χ4v) is 4.74. The summed E-state index contributed by atoms with van der Waals surface area (Å²) >= 11 is 5.86. The second kappa shape index (κ2) is 12.0. The third kappa shape index (κ3) is 6.68. The molecule has 2 aromatic heterocycles. The van der Waals surface area contributed by atoms with Crippen LogP contribution in [0.2, 0.25) is 0 Å². The molecule has 0 bridgehead atoms. The van der Waals surface area contributed by atoms with E-state index in [2.05, 4.69) is 25.6 Å². The Morgan fingerprint density at radius 1 is 0.878 bits per heavy atom. The summed E-state index contributed by atoms with van der Waals surface area (Å²) in [5.41, 5.74) is 1.37. The van der Waals surface area contributed by atoms with Gasteiger partial charge in [-0.1, -0.05) is 12.1 Å². The molecule has 12 heteroatoms. The summed E-state index contributed by atoms with van der Waals surface area (Å²) in [7, 11) is 0. The van der Waals surface area contributed by atoms with Crippen LogP contribution in [-0.2, 0) is 12.1 Å². The maximum absolute atomic E-state index is 13.5. The van der Waals surface area contributed by atoms with E-state index in [4.69, 9.17) is 11.6 Å². The lowest BCUT2D eigenvalue weighted by Crippen LogP contribution is -2.29. The van der Waals surface area contributed by atoms with Gasteiger partial charge in [-0.05, 0) is 67.8 Å². The number of nitrogens with zero attached hydrogens (tertiary/aromatic N) is 4. The Morgan fingerprint density at radius 3 is 2.41 bits per heavy atom. The Hall–Kier alpha value is -4.38. The van der Waals surface area contributed by atoms with Crippen LogP contribution < -0.4 is 15.5 Å². The number of halogens is 4. The molecule has 4 aromatic rings. The van der Waals surface area contributed by atoms with Gasteiger partial charge in [-0.2, -0.15) is 18.3 Å². The van der Waals surface area contributed by atoms with Gasteiger partial charge >= 0.3 is 6.18 Å². The highest BCUT2D eigenvalue weighted by Gasteiger charge is 2.30. The molecular weight excluding hydrogens is 557 g/mol. The predicted octanol–water partition coefficient (Wildman–Crippen LogP) is 6.52. The van der Waals surface area contributed by atoms with Crippen LogP contribution in [0.25, 0.3) is 5.69 Å². The summed E-state index contributed by atoms with van der Waals surface area (Å²) in [6.45, 7) is 1.70. The molecule has 0 spiro atoms. The molecule has 1 aliphatic heterocycles. The Kier molecular flexibility index (Phi) is 8.25. The minimum Gasteiger partial charge on any atom is -0.372 e. The first-order chi connectivity index (χ1) is 19.7. The number of amides is 2. The largest absolute Gasteiger partial charge is 0.416 e. The topological polar surface area (TPSA) is 92.2 Å². The Balaban J connectivity index is 1.41. The van der Waals surface area contributed by atoms with Gasteiger partial charge < -0.3 is 15.5 Å². The molecule has 2 amide bonds. The third-order valence-corrected chi connectivity index (χ3v) is 6.94. The quantitative estimate of drug-likeness (QED) is 0.242. The van der Waals surface area contributed by atoms with Crippen LogP contribution in [0, 0.1) is 0 Å². The molecule has 0 radical (unpaired) electrons. The highest BCUT2D eigenvalue weighted by Crippen LogP contribution is 2.31. The number of hydrogen-bond donors (Lipinski definition) is 2. The number of piperidine rings is 1.